The number of sulfonamides is 1. The van der Waals surface area contributed by atoms with E-state index in [1.165, 1.54) is 6.26 Å². The summed E-state index contributed by atoms with van der Waals surface area (Å²) in [5.41, 5.74) is 2.10. The summed E-state index contributed by atoms with van der Waals surface area (Å²) < 4.78 is 26.0. The van der Waals surface area contributed by atoms with Crippen LogP contribution in [-0.2, 0) is 16.6 Å². The minimum atomic E-state index is -3.10. The van der Waals surface area contributed by atoms with Crippen LogP contribution in [0.4, 0.5) is 0 Å². The Kier molecular flexibility index (Phi) is 5.03. The van der Waals surface area contributed by atoms with E-state index in [1.807, 2.05) is 18.2 Å². The second kappa shape index (κ2) is 7.29. The van der Waals surface area contributed by atoms with Crippen molar-refractivity contribution < 1.29 is 8.42 Å². The molecule has 7 heteroatoms. The molecule has 0 bridgehead atoms. The summed E-state index contributed by atoms with van der Waals surface area (Å²) in [6.07, 6.45) is 6.65. The third-order valence-electron chi connectivity index (χ3n) is 5.91. The van der Waals surface area contributed by atoms with Crippen LogP contribution < -0.4 is 0 Å². The molecule has 2 aliphatic rings. The lowest BCUT2D eigenvalue weighted by Crippen LogP contribution is -2.49. The maximum Gasteiger partial charge on any atom is 0.211 e. The van der Waals surface area contributed by atoms with Crippen molar-refractivity contribution in [3.05, 3.63) is 30.1 Å². The molecular formula is C19H28N4O2S. The summed E-state index contributed by atoms with van der Waals surface area (Å²) in [6.45, 7) is 3.55. The second-order valence-corrected chi connectivity index (χ2v) is 9.69. The van der Waals surface area contributed by atoms with E-state index in [2.05, 4.69) is 20.9 Å². The minimum Gasteiger partial charge on any atom is -0.341 e. The summed E-state index contributed by atoms with van der Waals surface area (Å²) >= 11 is 0. The highest BCUT2D eigenvalue weighted by Crippen LogP contribution is 2.32. The highest BCUT2D eigenvalue weighted by Gasteiger charge is 2.36. The largest absolute Gasteiger partial charge is 0.341 e. The third-order valence-corrected chi connectivity index (χ3v) is 7.22. The topological polar surface area (TPSA) is 69.3 Å². The van der Waals surface area contributed by atoms with Gasteiger partial charge in [-0.1, -0.05) is 18.6 Å². The predicted octanol–water partition coefficient (Wildman–Crippen LogP) is 2.59. The molecule has 0 spiro atoms. The molecule has 0 saturated carbocycles. The normalized spacial score (nSPS) is 24.3. The zero-order chi connectivity index (χ0) is 18.1. The highest BCUT2D eigenvalue weighted by molar-refractivity contribution is 7.88. The van der Waals surface area contributed by atoms with Crippen LogP contribution in [0.1, 0.15) is 37.9 Å². The molecule has 0 radical (unpaired) electrons. The van der Waals surface area contributed by atoms with Crippen molar-refractivity contribution in [3.63, 3.8) is 0 Å². The average Bonchev–Trinajstić information content (AvgIpc) is 3.04. The molecule has 26 heavy (non-hydrogen) atoms. The van der Waals surface area contributed by atoms with Gasteiger partial charge in [-0.15, -0.1) is 0 Å². The van der Waals surface area contributed by atoms with Gasteiger partial charge >= 0.3 is 0 Å². The van der Waals surface area contributed by atoms with E-state index in [0.717, 1.165) is 68.6 Å². The number of rotatable bonds is 4. The molecule has 1 atom stereocenters. The lowest BCUT2D eigenvalue weighted by molar-refractivity contribution is 0.105. The van der Waals surface area contributed by atoms with Crippen LogP contribution in [0.25, 0.3) is 11.0 Å². The van der Waals surface area contributed by atoms with Gasteiger partial charge in [0, 0.05) is 12.6 Å². The van der Waals surface area contributed by atoms with E-state index in [1.54, 1.807) is 4.31 Å². The average molecular weight is 377 g/mol. The standard InChI is InChI=1S/C19H28N4O2S/c1-26(24,25)23-11-5-4-8-18(23)15-9-12-22(13-10-15)14-19-20-16-6-2-3-7-17(16)21-19/h2-3,6-7,15,18H,4-5,8-14H2,1H3,(H,20,21)/t18-/m1/s1. The minimum absolute atomic E-state index is 0.201. The number of aromatic amines is 1. The number of nitrogens with one attached hydrogen (secondary N) is 1. The van der Waals surface area contributed by atoms with Crippen molar-refractivity contribution in [2.45, 2.75) is 44.7 Å². The first-order valence-electron chi connectivity index (χ1n) is 9.63. The first-order valence-corrected chi connectivity index (χ1v) is 11.5. The molecule has 1 N–H and O–H groups in total. The number of imidazole rings is 1. The molecule has 0 unspecified atom stereocenters. The summed E-state index contributed by atoms with van der Waals surface area (Å²) in [5, 5.41) is 0. The Hall–Kier alpha value is -1.44. The van der Waals surface area contributed by atoms with Gasteiger partial charge < -0.3 is 4.98 Å². The molecule has 2 aliphatic heterocycles. The van der Waals surface area contributed by atoms with Gasteiger partial charge in [0.15, 0.2) is 0 Å². The summed E-state index contributed by atoms with van der Waals surface area (Å²) in [6, 6.07) is 8.32. The first-order chi connectivity index (χ1) is 12.5. The van der Waals surface area contributed by atoms with Gasteiger partial charge in [0.1, 0.15) is 5.82 Å². The number of hydrogen-bond acceptors (Lipinski definition) is 4. The van der Waals surface area contributed by atoms with Gasteiger partial charge in [0.2, 0.25) is 10.0 Å². The van der Waals surface area contributed by atoms with Crippen LogP contribution in [0.3, 0.4) is 0 Å². The van der Waals surface area contributed by atoms with Gasteiger partial charge in [0.05, 0.1) is 23.8 Å². The molecule has 6 nitrogen and oxygen atoms in total. The van der Waals surface area contributed by atoms with E-state index in [-0.39, 0.29) is 6.04 Å². The number of para-hydroxylation sites is 2. The number of benzene rings is 1. The first kappa shape index (κ1) is 17.9. The Bertz CT molecular complexity index is 822. The Balaban J connectivity index is 1.37. The van der Waals surface area contributed by atoms with Crippen molar-refractivity contribution >= 4 is 21.1 Å². The Morgan fingerprint density at radius 3 is 2.62 bits per heavy atom. The van der Waals surface area contributed by atoms with Crippen LogP contribution in [0.5, 0.6) is 0 Å². The molecule has 1 aromatic carbocycles. The molecule has 2 aromatic rings. The zero-order valence-electron chi connectivity index (χ0n) is 15.4. The van der Waals surface area contributed by atoms with Crippen LogP contribution in [0, 0.1) is 5.92 Å². The molecule has 1 aromatic heterocycles. The Labute approximate surface area is 155 Å². The monoisotopic (exact) mass is 376 g/mol. The van der Waals surface area contributed by atoms with Crippen LogP contribution >= 0.6 is 0 Å². The van der Waals surface area contributed by atoms with E-state index < -0.39 is 10.0 Å². The van der Waals surface area contributed by atoms with E-state index in [0.29, 0.717) is 12.5 Å². The molecule has 3 heterocycles. The van der Waals surface area contributed by atoms with Crippen LogP contribution in [0.15, 0.2) is 24.3 Å². The van der Waals surface area contributed by atoms with Crippen molar-refractivity contribution in [2.75, 3.05) is 25.9 Å². The van der Waals surface area contributed by atoms with Gasteiger partial charge in [-0.05, 0) is 56.8 Å². The Morgan fingerprint density at radius 2 is 1.88 bits per heavy atom. The lowest BCUT2D eigenvalue weighted by atomic mass is 9.85. The number of piperidine rings is 2. The molecule has 2 saturated heterocycles. The quantitative estimate of drug-likeness (QED) is 0.890. The highest BCUT2D eigenvalue weighted by atomic mass is 32.2. The van der Waals surface area contributed by atoms with Crippen LogP contribution in [0.2, 0.25) is 0 Å². The molecule has 2 fully saturated rings. The number of hydrogen-bond donors (Lipinski definition) is 1. The fourth-order valence-electron chi connectivity index (χ4n) is 4.60. The van der Waals surface area contributed by atoms with E-state index in [4.69, 9.17) is 0 Å². The van der Waals surface area contributed by atoms with E-state index >= 15 is 0 Å². The van der Waals surface area contributed by atoms with Gasteiger partial charge in [-0.25, -0.2) is 13.4 Å². The zero-order valence-corrected chi connectivity index (χ0v) is 16.2. The predicted molar refractivity (Wildman–Crippen MR) is 103 cm³/mol. The Morgan fingerprint density at radius 1 is 1.12 bits per heavy atom. The number of likely N-dealkylation sites (tertiary alicyclic amines) is 1. The number of nitrogens with zero attached hydrogens (tertiary/aromatic N) is 3. The van der Waals surface area contributed by atoms with Gasteiger partial charge in [-0.2, -0.15) is 4.31 Å². The molecule has 4 rings (SSSR count). The second-order valence-electron chi connectivity index (χ2n) is 7.75. The SMILES string of the molecule is CS(=O)(=O)N1CCCC[C@@H]1C1CCN(Cc2nc3ccccc3[nH]2)CC1. The van der Waals surface area contributed by atoms with Crippen molar-refractivity contribution in [1.82, 2.24) is 19.2 Å². The smallest absolute Gasteiger partial charge is 0.211 e. The molecule has 0 aliphatic carbocycles. The summed E-state index contributed by atoms with van der Waals surface area (Å²) in [5.74, 6) is 1.50. The van der Waals surface area contributed by atoms with Crippen molar-refractivity contribution in [3.8, 4) is 0 Å². The fraction of sp³-hybridized carbons (Fsp3) is 0.632. The fourth-order valence-corrected chi connectivity index (χ4v) is 5.83. The van der Waals surface area contributed by atoms with E-state index in [9.17, 15) is 8.42 Å². The van der Waals surface area contributed by atoms with Crippen molar-refractivity contribution in [1.29, 1.82) is 0 Å². The number of fused-ring (bicyclic) bond motifs is 1. The third kappa shape index (κ3) is 3.80. The molecule has 0 amide bonds. The maximum atomic E-state index is 12.1. The lowest BCUT2D eigenvalue weighted by Gasteiger charge is -2.42. The van der Waals surface area contributed by atoms with Gasteiger partial charge in [-0.3, -0.25) is 4.90 Å². The van der Waals surface area contributed by atoms with Crippen LogP contribution in [-0.4, -0.2) is 59.5 Å². The summed E-state index contributed by atoms with van der Waals surface area (Å²) in [7, 11) is -3.10. The maximum absolute atomic E-state index is 12.1. The molecular weight excluding hydrogens is 348 g/mol. The van der Waals surface area contributed by atoms with Crippen molar-refractivity contribution in [2.24, 2.45) is 5.92 Å². The molecule has 142 valence electrons. The van der Waals surface area contributed by atoms with Gasteiger partial charge in [0.25, 0.3) is 0 Å². The number of aromatic nitrogens is 2. The number of H-pyrrole nitrogens is 1. The summed E-state index contributed by atoms with van der Waals surface area (Å²) in [4.78, 5) is 10.5.